The highest BCUT2D eigenvalue weighted by Gasteiger charge is 2.31. The first-order valence-electron chi connectivity index (χ1n) is 8.20. The lowest BCUT2D eigenvalue weighted by atomic mass is 10.0. The lowest BCUT2D eigenvalue weighted by Crippen LogP contribution is -2.49. The van der Waals surface area contributed by atoms with Crippen molar-refractivity contribution in [2.24, 2.45) is 0 Å². The maximum atomic E-state index is 13.5. The summed E-state index contributed by atoms with van der Waals surface area (Å²) < 4.78 is 13.5. The van der Waals surface area contributed by atoms with Gasteiger partial charge in [0, 0.05) is 38.6 Å². The molecule has 1 aliphatic heterocycles. The van der Waals surface area contributed by atoms with E-state index in [0.717, 1.165) is 0 Å². The lowest BCUT2D eigenvalue weighted by Gasteiger charge is -2.38. The number of nitriles is 1. The molecule has 0 saturated carbocycles. The molecule has 0 spiro atoms. The minimum atomic E-state index is -0.971. The predicted octanol–water partition coefficient (Wildman–Crippen LogP) is 1.74. The zero-order chi connectivity index (χ0) is 18.7. The lowest BCUT2D eigenvalue weighted by molar-refractivity contribution is -0.143. The molecule has 1 saturated heterocycles. The van der Waals surface area contributed by atoms with E-state index in [9.17, 15) is 14.3 Å². The molecular weight excluding hydrogens is 337 g/mol. The number of nitrogens with zero attached hydrogens (tertiary/aromatic N) is 5. The van der Waals surface area contributed by atoms with Gasteiger partial charge in [-0.1, -0.05) is 12.1 Å². The number of aliphatic carboxylic acids is 1. The molecular formula is C18H18FN5O2. The summed E-state index contributed by atoms with van der Waals surface area (Å²) in [5, 5.41) is 18.9. The van der Waals surface area contributed by atoms with Gasteiger partial charge in [0.1, 0.15) is 17.9 Å². The number of hydrogen-bond donors (Lipinski definition) is 1. The van der Waals surface area contributed by atoms with Crippen molar-refractivity contribution in [3.05, 3.63) is 53.2 Å². The van der Waals surface area contributed by atoms with Crippen LogP contribution >= 0.6 is 0 Å². The van der Waals surface area contributed by atoms with E-state index in [0.29, 0.717) is 43.1 Å². The number of piperazine rings is 1. The van der Waals surface area contributed by atoms with Crippen molar-refractivity contribution >= 4 is 11.8 Å². The van der Waals surface area contributed by atoms with Gasteiger partial charge >= 0.3 is 5.97 Å². The molecule has 1 unspecified atom stereocenters. The summed E-state index contributed by atoms with van der Waals surface area (Å²) in [7, 11) is 0. The molecule has 1 aromatic carbocycles. The van der Waals surface area contributed by atoms with Gasteiger partial charge in [-0.15, -0.1) is 0 Å². The number of halogens is 1. The minimum Gasteiger partial charge on any atom is -0.480 e. The molecule has 3 rings (SSSR count). The average molecular weight is 355 g/mol. The SMILES string of the molecule is Cc1cc(C(C(=O)O)N2CCN(c3nccnc3C#N)CC2)ccc1F. The van der Waals surface area contributed by atoms with Crippen LogP contribution in [0.15, 0.2) is 30.6 Å². The first-order valence-corrected chi connectivity index (χ1v) is 8.20. The van der Waals surface area contributed by atoms with E-state index in [1.54, 1.807) is 13.0 Å². The summed E-state index contributed by atoms with van der Waals surface area (Å²) in [5.41, 5.74) is 1.23. The second-order valence-electron chi connectivity index (χ2n) is 6.11. The van der Waals surface area contributed by atoms with Crippen molar-refractivity contribution in [2.75, 3.05) is 31.1 Å². The molecule has 8 heteroatoms. The van der Waals surface area contributed by atoms with Crippen molar-refractivity contribution in [3.63, 3.8) is 0 Å². The number of carboxylic acids is 1. The summed E-state index contributed by atoms with van der Waals surface area (Å²) in [4.78, 5) is 23.8. The van der Waals surface area contributed by atoms with Gasteiger partial charge in [0.15, 0.2) is 11.5 Å². The zero-order valence-corrected chi connectivity index (χ0v) is 14.3. The smallest absolute Gasteiger partial charge is 0.325 e. The highest BCUT2D eigenvalue weighted by atomic mass is 19.1. The Labute approximate surface area is 150 Å². The molecule has 134 valence electrons. The summed E-state index contributed by atoms with van der Waals surface area (Å²) in [6.45, 7) is 3.63. The van der Waals surface area contributed by atoms with Gasteiger partial charge in [0.05, 0.1) is 0 Å². The van der Waals surface area contributed by atoms with E-state index in [2.05, 4.69) is 9.97 Å². The van der Waals surface area contributed by atoms with Crippen LogP contribution < -0.4 is 4.90 Å². The largest absolute Gasteiger partial charge is 0.480 e. The van der Waals surface area contributed by atoms with Crippen LogP contribution in [-0.4, -0.2) is 52.1 Å². The maximum Gasteiger partial charge on any atom is 0.325 e. The summed E-state index contributed by atoms with van der Waals surface area (Å²) in [6, 6.07) is 5.58. The Morgan fingerprint density at radius 3 is 2.58 bits per heavy atom. The molecule has 1 aliphatic rings. The zero-order valence-electron chi connectivity index (χ0n) is 14.3. The highest BCUT2D eigenvalue weighted by molar-refractivity contribution is 5.75. The Kier molecular flexibility index (Phi) is 5.09. The molecule has 1 N–H and O–H groups in total. The summed E-state index contributed by atoms with van der Waals surface area (Å²) in [6.07, 6.45) is 3.00. The molecule has 0 amide bonds. The molecule has 0 bridgehead atoms. The molecule has 1 aromatic heterocycles. The maximum absolute atomic E-state index is 13.5. The Morgan fingerprint density at radius 1 is 1.27 bits per heavy atom. The number of aryl methyl sites for hydroxylation is 1. The summed E-state index contributed by atoms with van der Waals surface area (Å²) >= 11 is 0. The fourth-order valence-corrected chi connectivity index (χ4v) is 3.18. The Bertz CT molecular complexity index is 859. The van der Waals surface area contributed by atoms with E-state index < -0.39 is 12.0 Å². The standard InChI is InChI=1S/C18H18FN5O2/c1-12-10-13(2-3-14(12)19)16(18(25)26)23-6-8-24(9-7-23)17-15(11-20)21-4-5-22-17/h2-5,10,16H,6-9H2,1H3,(H,25,26). The van der Waals surface area contributed by atoms with Crippen LogP contribution in [-0.2, 0) is 4.79 Å². The number of aromatic nitrogens is 2. The molecule has 2 aromatic rings. The molecule has 1 atom stereocenters. The Morgan fingerprint density at radius 2 is 1.96 bits per heavy atom. The minimum absolute atomic E-state index is 0.255. The number of carboxylic acid groups (broad SMARTS) is 1. The third-order valence-corrected chi connectivity index (χ3v) is 4.50. The van der Waals surface area contributed by atoms with E-state index in [1.807, 2.05) is 15.9 Å². The van der Waals surface area contributed by atoms with Gasteiger partial charge < -0.3 is 10.0 Å². The molecule has 0 aliphatic carbocycles. The van der Waals surface area contributed by atoms with Crippen LogP contribution in [0.4, 0.5) is 10.2 Å². The first kappa shape index (κ1) is 17.8. The van der Waals surface area contributed by atoms with Crippen molar-refractivity contribution in [2.45, 2.75) is 13.0 Å². The third-order valence-electron chi connectivity index (χ3n) is 4.50. The van der Waals surface area contributed by atoms with Crippen LogP contribution in [0.2, 0.25) is 0 Å². The van der Waals surface area contributed by atoms with Gasteiger partial charge in [-0.2, -0.15) is 5.26 Å². The number of hydrogen-bond acceptors (Lipinski definition) is 6. The molecule has 7 nitrogen and oxygen atoms in total. The van der Waals surface area contributed by atoms with Gasteiger partial charge in [-0.05, 0) is 24.1 Å². The topological polar surface area (TPSA) is 93.3 Å². The van der Waals surface area contributed by atoms with Crippen LogP contribution in [0.25, 0.3) is 0 Å². The van der Waals surface area contributed by atoms with Gasteiger partial charge in [-0.25, -0.2) is 14.4 Å². The quantitative estimate of drug-likeness (QED) is 0.893. The number of rotatable bonds is 4. The third kappa shape index (κ3) is 3.48. The number of anilines is 1. The fourth-order valence-electron chi connectivity index (χ4n) is 3.18. The monoisotopic (exact) mass is 355 g/mol. The predicted molar refractivity (Wildman–Crippen MR) is 92.0 cm³/mol. The first-order chi connectivity index (χ1) is 12.5. The average Bonchev–Trinajstić information content (AvgIpc) is 2.65. The van der Waals surface area contributed by atoms with Crippen LogP contribution in [0.3, 0.4) is 0 Å². The van der Waals surface area contributed by atoms with Crippen molar-refractivity contribution in [1.29, 1.82) is 5.26 Å². The highest BCUT2D eigenvalue weighted by Crippen LogP contribution is 2.26. The van der Waals surface area contributed by atoms with Gasteiger partial charge in [-0.3, -0.25) is 9.69 Å². The second-order valence-corrected chi connectivity index (χ2v) is 6.11. The Balaban J connectivity index is 1.77. The van der Waals surface area contributed by atoms with Crippen LogP contribution in [0.5, 0.6) is 0 Å². The number of benzene rings is 1. The van der Waals surface area contributed by atoms with Gasteiger partial charge in [0.25, 0.3) is 0 Å². The fraction of sp³-hybridized carbons (Fsp3) is 0.333. The van der Waals surface area contributed by atoms with Crippen molar-refractivity contribution in [1.82, 2.24) is 14.9 Å². The second kappa shape index (κ2) is 7.45. The van der Waals surface area contributed by atoms with Crippen molar-refractivity contribution < 1.29 is 14.3 Å². The van der Waals surface area contributed by atoms with Crippen LogP contribution in [0, 0.1) is 24.1 Å². The summed E-state index contributed by atoms with van der Waals surface area (Å²) in [5.74, 6) is -0.810. The van der Waals surface area contributed by atoms with E-state index >= 15 is 0 Å². The normalized spacial score (nSPS) is 16.1. The van der Waals surface area contributed by atoms with Gasteiger partial charge in [0.2, 0.25) is 0 Å². The Hall–Kier alpha value is -3.05. The van der Waals surface area contributed by atoms with Crippen molar-refractivity contribution in [3.8, 4) is 6.07 Å². The van der Waals surface area contributed by atoms with E-state index in [4.69, 9.17) is 5.26 Å². The number of carbonyl (C=O) groups is 1. The van der Waals surface area contributed by atoms with E-state index in [1.165, 1.54) is 24.5 Å². The molecule has 2 heterocycles. The van der Waals surface area contributed by atoms with E-state index in [-0.39, 0.29) is 11.5 Å². The molecule has 26 heavy (non-hydrogen) atoms. The van der Waals surface area contributed by atoms with Crippen LogP contribution in [0.1, 0.15) is 22.9 Å². The molecule has 0 radical (unpaired) electrons. The molecule has 1 fully saturated rings.